The molecule has 0 radical (unpaired) electrons. The van der Waals surface area contributed by atoms with Gasteiger partial charge in [-0.2, -0.15) is 0 Å². The zero-order valence-corrected chi connectivity index (χ0v) is 14.7. The molecule has 6 nitrogen and oxygen atoms in total. The van der Waals surface area contributed by atoms with Crippen LogP contribution in [0.1, 0.15) is 11.1 Å². The largest absolute Gasteiger partial charge is 0.490 e. The summed E-state index contributed by atoms with van der Waals surface area (Å²) < 4.78 is 33.9. The molecule has 0 bridgehead atoms. The molecule has 8 heteroatoms. The van der Waals surface area contributed by atoms with Crippen LogP contribution < -0.4 is 10.1 Å². The van der Waals surface area contributed by atoms with Gasteiger partial charge in [0, 0.05) is 10.7 Å². The highest BCUT2D eigenvalue weighted by atomic mass is 35.7. The second kappa shape index (κ2) is 7.33. The Balaban J connectivity index is 1.61. The van der Waals surface area contributed by atoms with Crippen molar-refractivity contribution in [3.63, 3.8) is 0 Å². The van der Waals surface area contributed by atoms with Gasteiger partial charge in [-0.1, -0.05) is 42.5 Å². The van der Waals surface area contributed by atoms with Crippen molar-refractivity contribution in [2.75, 3.05) is 6.61 Å². The van der Waals surface area contributed by atoms with Gasteiger partial charge in [-0.3, -0.25) is 0 Å². The van der Waals surface area contributed by atoms with E-state index in [4.69, 9.17) is 20.2 Å². The van der Waals surface area contributed by atoms with E-state index < -0.39 is 15.1 Å². The van der Waals surface area contributed by atoms with Gasteiger partial charge in [0.05, 0.1) is 6.04 Å². The fraction of sp³-hybridized carbons (Fsp3) is 0.235. The second-order valence-electron chi connectivity index (χ2n) is 5.60. The van der Waals surface area contributed by atoms with E-state index in [1.165, 1.54) is 6.07 Å². The van der Waals surface area contributed by atoms with E-state index in [1.54, 1.807) is 12.1 Å². The predicted octanol–water partition coefficient (Wildman–Crippen LogP) is 2.84. The maximum Gasteiger partial charge on any atom is 0.407 e. The number of alkyl carbamates (subject to hydrolysis) is 1. The molecule has 3 rings (SSSR count). The van der Waals surface area contributed by atoms with Gasteiger partial charge in [-0.25, -0.2) is 13.2 Å². The number of amides is 1. The van der Waals surface area contributed by atoms with E-state index in [0.29, 0.717) is 12.0 Å². The Morgan fingerprint density at radius 3 is 2.68 bits per heavy atom. The van der Waals surface area contributed by atoms with Gasteiger partial charge in [0.1, 0.15) is 23.9 Å². The van der Waals surface area contributed by atoms with E-state index in [-0.39, 0.29) is 29.9 Å². The quantitative estimate of drug-likeness (QED) is 0.823. The molecule has 0 aromatic heterocycles. The number of halogens is 1. The zero-order chi connectivity index (χ0) is 17.9. The molecule has 1 unspecified atom stereocenters. The summed E-state index contributed by atoms with van der Waals surface area (Å²) in [4.78, 5) is 11.9. The maximum atomic E-state index is 11.9. The molecule has 2 aromatic rings. The molecule has 1 atom stereocenters. The Labute approximate surface area is 150 Å². The van der Waals surface area contributed by atoms with Gasteiger partial charge < -0.3 is 14.8 Å². The summed E-state index contributed by atoms with van der Waals surface area (Å²) in [6, 6.07) is 13.7. The van der Waals surface area contributed by atoms with Gasteiger partial charge in [0.25, 0.3) is 9.05 Å². The first-order valence-electron chi connectivity index (χ1n) is 7.60. The van der Waals surface area contributed by atoms with E-state index in [1.807, 2.05) is 30.3 Å². The molecule has 1 heterocycles. The number of ether oxygens (including phenoxy) is 2. The molecule has 1 N–H and O–H groups in total. The van der Waals surface area contributed by atoms with Crippen molar-refractivity contribution in [1.29, 1.82) is 0 Å². The monoisotopic (exact) mass is 381 g/mol. The SMILES string of the molecule is O=C(NC1COc2c(cccc2S(=O)(=O)Cl)C1)OCc1ccccc1. The molecule has 0 aliphatic carbocycles. The number of para-hydroxylation sites is 1. The molecule has 2 aromatic carbocycles. The van der Waals surface area contributed by atoms with Crippen LogP contribution in [-0.2, 0) is 26.8 Å². The highest BCUT2D eigenvalue weighted by molar-refractivity contribution is 8.13. The molecule has 0 saturated carbocycles. The van der Waals surface area contributed by atoms with Crippen molar-refractivity contribution >= 4 is 25.8 Å². The topological polar surface area (TPSA) is 81.7 Å². The number of hydrogen-bond acceptors (Lipinski definition) is 5. The summed E-state index contributed by atoms with van der Waals surface area (Å²) >= 11 is 0. The van der Waals surface area contributed by atoms with Crippen LogP contribution in [0.15, 0.2) is 53.4 Å². The van der Waals surface area contributed by atoms with Crippen molar-refractivity contribution in [3.8, 4) is 5.75 Å². The molecule has 1 amide bonds. The van der Waals surface area contributed by atoms with Crippen LogP contribution in [0.4, 0.5) is 4.79 Å². The van der Waals surface area contributed by atoms with E-state index >= 15 is 0 Å². The maximum absolute atomic E-state index is 11.9. The third-order valence-electron chi connectivity index (χ3n) is 3.75. The highest BCUT2D eigenvalue weighted by Crippen LogP contribution is 2.33. The first-order valence-corrected chi connectivity index (χ1v) is 9.91. The lowest BCUT2D eigenvalue weighted by Crippen LogP contribution is -2.43. The van der Waals surface area contributed by atoms with Crippen LogP contribution in [0.2, 0.25) is 0 Å². The summed E-state index contributed by atoms with van der Waals surface area (Å²) in [6.45, 7) is 0.308. The molecule has 1 aliphatic rings. The lowest BCUT2D eigenvalue weighted by molar-refractivity contribution is 0.128. The Morgan fingerprint density at radius 2 is 1.96 bits per heavy atom. The fourth-order valence-electron chi connectivity index (χ4n) is 2.61. The van der Waals surface area contributed by atoms with Crippen molar-refractivity contribution in [3.05, 3.63) is 59.7 Å². The van der Waals surface area contributed by atoms with Crippen LogP contribution in [-0.4, -0.2) is 27.2 Å². The number of nitrogens with one attached hydrogen (secondary N) is 1. The molecule has 0 spiro atoms. The number of benzene rings is 2. The van der Waals surface area contributed by atoms with Gasteiger partial charge in [0.15, 0.2) is 0 Å². The van der Waals surface area contributed by atoms with Crippen molar-refractivity contribution in [1.82, 2.24) is 5.32 Å². The van der Waals surface area contributed by atoms with Gasteiger partial charge in [-0.15, -0.1) is 0 Å². The van der Waals surface area contributed by atoms with E-state index in [2.05, 4.69) is 5.32 Å². The first-order chi connectivity index (χ1) is 11.9. The predicted molar refractivity (Wildman–Crippen MR) is 92.2 cm³/mol. The fourth-order valence-corrected chi connectivity index (χ4v) is 3.63. The third-order valence-corrected chi connectivity index (χ3v) is 5.10. The summed E-state index contributed by atoms with van der Waals surface area (Å²) in [7, 11) is 1.53. The summed E-state index contributed by atoms with van der Waals surface area (Å²) in [5.41, 5.74) is 1.56. The molecular formula is C17H16ClNO5S. The number of fused-ring (bicyclic) bond motifs is 1. The summed E-state index contributed by atoms with van der Waals surface area (Å²) in [5, 5.41) is 2.72. The smallest absolute Gasteiger partial charge is 0.407 e. The van der Waals surface area contributed by atoms with Gasteiger partial charge in [0.2, 0.25) is 0 Å². The lowest BCUT2D eigenvalue weighted by Gasteiger charge is -2.26. The van der Waals surface area contributed by atoms with E-state index in [9.17, 15) is 13.2 Å². The van der Waals surface area contributed by atoms with Crippen molar-refractivity contribution < 1.29 is 22.7 Å². The Kier molecular flexibility index (Phi) is 5.15. The normalized spacial score (nSPS) is 16.4. The third kappa shape index (κ3) is 4.43. The van der Waals surface area contributed by atoms with Crippen molar-refractivity contribution in [2.45, 2.75) is 24.0 Å². The molecule has 132 valence electrons. The van der Waals surface area contributed by atoms with Crippen LogP contribution in [0.5, 0.6) is 5.75 Å². The number of hydrogen-bond donors (Lipinski definition) is 1. The van der Waals surface area contributed by atoms with Gasteiger partial charge in [-0.05, 0) is 23.6 Å². The molecule has 25 heavy (non-hydrogen) atoms. The van der Waals surface area contributed by atoms with Crippen LogP contribution >= 0.6 is 10.7 Å². The second-order valence-corrected chi connectivity index (χ2v) is 8.13. The van der Waals surface area contributed by atoms with E-state index in [0.717, 1.165) is 5.56 Å². The number of rotatable bonds is 4. The van der Waals surface area contributed by atoms with Crippen molar-refractivity contribution in [2.24, 2.45) is 0 Å². The van der Waals surface area contributed by atoms with Crippen LogP contribution in [0.3, 0.4) is 0 Å². The minimum atomic E-state index is -3.89. The van der Waals surface area contributed by atoms with Gasteiger partial charge >= 0.3 is 6.09 Å². The standard InChI is InChI=1S/C17H16ClNO5S/c18-25(21,22)15-8-4-7-13-9-14(11-23-16(13)15)19-17(20)24-10-12-5-2-1-3-6-12/h1-8,14H,9-11H2,(H,19,20). The Hall–Kier alpha value is -2.25. The number of carbonyl (C=O) groups excluding carboxylic acids is 1. The molecule has 0 fully saturated rings. The minimum absolute atomic E-state index is 0.0585. The lowest BCUT2D eigenvalue weighted by atomic mass is 10.0. The Morgan fingerprint density at radius 1 is 1.20 bits per heavy atom. The Bertz CT molecular complexity index is 870. The minimum Gasteiger partial charge on any atom is -0.490 e. The van der Waals surface area contributed by atoms with Crippen LogP contribution in [0, 0.1) is 0 Å². The highest BCUT2D eigenvalue weighted by Gasteiger charge is 2.27. The summed E-state index contributed by atoms with van der Waals surface area (Å²) in [5.74, 6) is 0.244. The molecule has 1 aliphatic heterocycles. The zero-order valence-electron chi connectivity index (χ0n) is 13.1. The first kappa shape index (κ1) is 17.6. The molecular weight excluding hydrogens is 366 g/mol. The summed E-state index contributed by atoms with van der Waals surface area (Å²) in [6.07, 6.45) is -0.127. The average Bonchev–Trinajstić information content (AvgIpc) is 2.59. The van der Waals surface area contributed by atoms with Crippen LogP contribution in [0.25, 0.3) is 0 Å². The molecule has 0 saturated heterocycles. The average molecular weight is 382 g/mol. The number of carbonyl (C=O) groups is 1.